The van der Waals surface area contributed by atoms with Gasteiger partial charge in [-0.15, -0.1) is 0 Å². The molecule has 2 aliphatic rings. The van der Waals surface area contributed by atoms with Gasteiger partial charge in [-0.05, 0) is 24.2 Å². The quantitative estimate of drug-likeness (QED) is 0.836. The van der Waals surface area contributed by atoms with Gasteiger partial charge in [-0.3, -0.25) is 10.1 Å². The summed E-state index contributed by atoms with van der Waals surface area (Å²) in [5.74, 6) is 0.319. The SMILES string of the molecule is CC(=O)Nc1nc(Cl)c2ncn([C@H]3C[C@@]34C[C@@H]4CO)c2n1. The van der Waals surface area contributed by atoms with Crippen LogP contribution in [0.3, 0.4) is 0 Å². The lowest BCUT2D eigenvalue weighted by molar-refractivity contribution is -0.114. The average molecular weight is 308 g/mol. The Kier molecular flexibility index (Phi) is 2.56. The monoisotopic (exact) mass is 307 g/mol. The minimum atomic E-state index is -0.248. The predicted octanol–water partition coefficient (Wildman–Crippen LogP) is 1.38. The normalized spacial score (nSPS) is 29.9. The van der Waals surface area contributed by atoms with Crippen molar-refractivity contribution in [3.8, 4) is 0 Å². The van der Waals surface area contributed by atoms with Crippen molar-refractivity contribution in [2.45, 2.75) is 25.8 Å². The molecule has 110 valence electrons. The number of rotatable bonds is 3. The molecule has 0 aromatic carbocycles. The van der Waals surface area contributed by atoms with Crippen LogP contribution in [-0.2, 0) is 4.79 Å². The molecule has 2 heterocycles. The molecule has 7 nitrogen and oxygen atoms in total. The molecule has 2 N–H and O–H groups in total. The highest BCUT2D eigenvalue weighted by Gasteiger charge is 2.71. The van der Waals surface area contributed by atoms with Crippen molar-refractivity contribution >= 4 is 34.6 Å². The number of carbonyl (C=O) groups is 1. The number of aliphatic hydroxyl groups excluding tert-OH is 1. The highest BCUT2D eigenvalue weighted by molar-refractivity contribution is 6.33. The Bertz CT molecular complexity index is 760. The zero-order valence-corrected chi connectivity index (χ0v) is 12.1. The van der Waals surface area contributed by atoms with Crippen LogP contribution in [0.15, 0.2) is 6.33 Å². The molecular formula is C13H14ClN5O2. The third kappa shape index (κ3) is 1.84. The summed E-state index contributed by atoms with van der Waals surface area (Å²) >= 11 is 6.11. The van der Waals surface area contributed by atoms with E-state index in [-0.39, 0.29) is 29.0 Å². The van der Waals surface area contributed by atoms with Crippen molar-refractivity contribution in [2.75, 3.05) is 11.9 Å². The first-order chi connectivity index (χ1) is 10.0. The molecule has 1 amide bonds. The molecule has 3 atom stereocenters. The van der Waals surface area contributed by atoms with Gasteiger partial charge >= 0.3 is 0 Å². The molecule has 2 aliphatic carbocycles. The number of fused-ring (bicyclic) bond motifs is 1. The van der Waals surface area contributed by atoms with E-state index in [0.29, 0.717) is 23.1 Å². The summed E-state index contributed by atoms with van der Waals surface area (Å²) in [6.07, 6.45) is 3.79. The topological polar surface area (TPSA) is 92.9 Å². The molecule has 0 saturated heterocycles. The van der Waals surface area contributed by atoms with Crippen LogP contribution >= 0.6 is 11.6 Å². The number of nitrogens with one attached hydrogen (secondary N) is 1. The van der Waals surface area contributed by atoms with E-state index in [9.17, 15) is 9.90 Å². The third-order valence-corrected chi connectivity index (χ3v) is 4.84. The van der Waals surface area contributed by atoms with E-state index in [1.165, 1.54) is 6.92 Å². The summed E-state index contributed by atoms with van der Waals surface area (Å²) < 4.78 is 1.99. The van der Waals surface area contributed by atoms with Gasteiger partial charge in [0, 0.05) is 19.6 Å². The maximum Gasteiger partial charge on any atom is 0.232 e. The predicted molar refractivity (Wildman–Crippen MR) is 75.9 cm³/mol. The molecule has 0 bridgehead atoms. The fourth-order valence-corrected chi connectivity index (χ4v) is 3.52. The van der Waals surface area contributed by atoms with Crippen molar-refractivity contribution in [2.24, 2.45) is 11.3 Å². The number of hydrogen-bond acceptors (Lipinski definition) is 5. The van der Waals surface area contributed by atoms with E-state index in [4.69, 9.17) is 11.6 Å². The second-order valence-electron chi connectivity index (χ2n) is 5.88. The van der Waals surface area contributed by atoms with Crippen LogP contribution in [0.25, 0.3) is 11.2 Å². The zero-order valence-electron chi connectivity index (χ0n) is 11.4. The molecular weight excluding hydrogens is 294 g/mol. The van der Waals surface area contributed by atoms with Crippen LogP contribution in [0.2, 0.25) is 5.15 Å². The number of carbonyl (C=O) groups excluding carboxylic acids is 1. The zero-order chi connectivity index (χ0) is 14.8. The molecule has 2 aromatic rings. The lowest BCUT2D eigenvalue weighted by atomic mass is 10.3. The second-order valence-corrected chi connectivity index (χ2v) is 6.24. The Morgan fingerprint density at radius 2 is 2.38 bits per heavy atom. The molecule has 1 spiro atoms. The van der Waals surface area contributed by atoms with Gasteiger partial charge in [0.05, 0.1) is 6.33 Å². The maximum atomic E-state index is 11.1. The first-order valence-electron chi connectivity index (χ1n) is 6.83. The summed E-state index contributed by atoms with van der Waals surface area (Å²) in [5, 5.41) is 12.1. The molecule has 0 unspecified atom stereocenters. The van der Waals surface area contributed by atoms with Gasteiger partial charge in [0.15, 0.2) is 10.8 Å². The summed E-state index contributed by atoms with van der Waals surface area (Å²) in [6, 6.07) is 0.302. The van der Waals surface area contributed by atoms with Gasteiger partial charge in [-0.1, -0.05) is 11.6 Å². The highest BCUT2D eigenvalue weighted by atomic mass is 35.5. The third-order valence-electron chi connectivity index (χ3n) is 4.58. The van der Waals surface area contributed by atoms with Crippen LogP contribution < -0.4 is 5.32 Å². The standard InChI is InChI=1S/C13H14ClN5O2/c1-6(21)16-12-17-10(14)9-11(18-12)19(5-15-9)8-3-13(8)2-7(13)4-20/h5,7-8,20H,2-4H2,1H3,(H,16,17,18,21)/t7-,8+,13-/m1/s1. The molecule has 0 aliphatic heterocycles. The van der Waals surface area contributed by atoms with Crippen LogP contribution in [0.5, 0.6) is 0 Å². The van der Waals surface area contributed by atoms with Crippen molar-refractivity contribution in [3.63, 3.8) is 0 Å². The van der Waals surface area contributed by atoms with Crippen LogP contribution in [0.1, 0.15) is 25.8 Å². The largest absolute Gasteiger partial charge is 0.396 e. The Hall–Kier alpha value is -1.73. The summed E-state index contributed by atoms with van der Waals surface area (Å²) in [4.78, 5) is 23.8. The number of anilines is 1. The molecule has 4 rings (SSSR count). The minimum absolute atomic E-state index is 0.186. The number of nitrogens with zero attached hydrogens (tertiary/aromatic N) is 4. The van der Waals surface area contributed by atoms with Crippen LogP contribution in [0, 0.1) is 11.3 Å². The lowest BCUT2D eigenvalue weighted by Crippen LogP contribution is -2.10. The fraction of sp³-hybridized carbons (Fsp3) is 0.538. The van der Waals surface area contributed by atoms with Crippen molar-refractivity contribution in [1.82, 2.24) is 19.5 Å². The van der Waals surface area contributed by atoms with Crippen LogP contribution in [0.4, 0.5) is 5.95 Å². The minimum Gasteiger partial charge on any atom is -0.396 e. The second kappa shape index (κ2) is 4.14. The number of halogens is 1. The molecule has 2 saturated carbocycles. The summed E-state index contributed by atoms with van der Waals surface area (Å²) in [5.41, 5.74) is 1.38. The Labute approximate surface area is 125 Å². The molecule has 0 radical (unpaired) electrons. The van der Waals surface area contributed by atoms with Crippen molar-refractivity contribution in [1.29, 1.82) is 0 Å². The maximum absolute atomic E-state index is 11.1. The van der Waals surface area contributed by atoms with E-state index in [2.05, 4.69) is 20.3 Å². The highest BCUT2D eigenvalue weighted by Crippen LogP contribution is 2.76. The van der Waals surface area contributed by atoms with E-state index in [1.54, 1.807) is 6.33 Å². The smallest absolute Gasteiger partial charge is 0.232 e. The van der Waals surface area contributed by atoms with Gasteiger partial charge < -0.3 is 9.67 Å². The Balaban J connectivity index is 1.74. The van der Waals surface area contributed by atoms with Crippen molar-refractivity contribution < 1.29 is 9.90 Å². The van der Waals surface area contributed by atoms with Crippen LogP contribution in [-0.4, -0.2) is 37.1 Å². The molecule has 2 fully saturated rings. The van der Waals surface area contributed by atoms with E-state index in [0.717, 1.165) is 12.8 Å². The first kappa shape index (κ1) is 13.0. The number of aromatic nitrogens is 4. The van der Waals surface area contributed by atoms with Gasteiger partial charge in [0.1, 0.15) is 5.52 Å². The summed E-state index contributed by atoms with van der Waals surface area (Å²) in [6.45, 7) is 1.63. The Morgan fingerprint density at radius 1 is 1.57 bits per heavy atom. The van der Waals surface area contributed by atoms with E-state index < -0.39 is 0 Å². The van der Waals surface area contributed by atoms with E-state index in [1.807, 2.05) is 4.57 Å². The lowest BCUT2D eigenvalue weighted by Gasteiger charge is -2.05. The van der Waals surface area contributed by atoms with Gasteiger partial charge in [0.2, 0.25) is 11.9 Å². The van der Waals surface area contributed by atoms with Gasteiger partial charge in [0.25, 0.3) is 0 Å². The average Bonchev–Trinajstić information content (AvgIpc) is 3.27. The number of hydrogen-bond donors (Lipinski definition) is 2. The number of amides is 1. The van der Waals surface area contributed by atoms with Gasteiger partial charge in [-0.25, -0.2) is 4.98 Å². The molecule has 2 aromatic heterocycles. The molecule has 8 heteroatoms. The van der Waals surface area contributed by atoms with Crippen molar-refractivity contribution in [3.05, 3.63) is 11.5 Å². The number of imidazole rings is 1. The Morgan fingerprint density at radius 3 is 3.05 bits per heavy atom. The summed E-state index contributed by atoms with van der Waals surface area (Å²) in [7, 11) is 0. The molecule has 21 heavy (non-hydrogen) atoms. The van der Waals surface area contributed by atoms with Gasteiger partial charge in [-0.2, -0.15) is 9.97 Å². The number of aliphatic hydroxyl groups is 1. The first-order valence-corrected chi connectivity index (χ1v) is 7.21. The van der Waals surface area contributed by atoms with E-state index >= 15 is 0 Å². The fourth-order valence-electron chi connectivity index (χ4n) is 3.30.